The van der Waals surface area contributed by atoms with Crippen molar-refractivity contribution in [3.05, 3.63) is 0 Å². The molecule has 0 aromatic carbocycles. The van der Waals surface area contributed by atoms with E-state index in [1.165, 1.54) is 0 Å². The first kappa shape index (κ1) is 36.8. The molecule has 0 unspecified atom stereocenters. The van der Waals surface area contributed by atoms with Crippen LogP contribution >= 0.6 is 0 Å². The van der Waals surface area contributed by atoms with Crippen LogP contribution in [-0.2, 0) is 4.79 Å². The molecule has 0 aliphatic rings. The molecule has 0 rings (SSSR count). The Hall–Kier alpha value is -0.205. The zero-order valence-electron chi connectivity index (χ0n) is 25.8. The van der Waals surface area contributed by atoms with Gasteiger partial charge in [-0.3, -0.25) is 0 Å². The third kappa shape index (κ3) is 5.82. The molecule has 0 spiro atoms. The Bertz CT molecular complexity index is 670. The minimum atomic E-state index is -2.41. The number of aliphatic hydroxyl groups is 5. The lowest BCUT2D eigenvalue weighted by molar-refractivity contribution is -0.200. The molecule has 5 N–H and O–H groups in total. The third-order valence-electron chi connectivity index (χ3n) is 10.2. The normalized spacial score (nSPS) is 18.1. The Morgan fingerprint density at radius 3 is 1.11 bits per heavy atom. The van der Waals surface area contributed by atoms with Crippen molar-refractivity contribution in [3.8, 4) is 0 Å². The van der Waals surface area contributed by atoms with Crippen LogP contribution in [-0.4, -0.2) is 93.4 Å². The van der Waals surface area contributed by atoms with E-state index in [-0.39, 0.29) is 0 Å². The van der Waals surface area contributed by atoms with Crippen LogP contribution in [0.15, 0.2) is 0 Å². The van der Waals surface area contributed by atoms with Crippen LogP contribution in [0.2, 0.25) is 63.2 Å². The van der Waals surface area contributed by atoms with Crippen molar-refractivity contribution >= 4 is 39.2 Å². The molecule has 0 saturated heterocycles. The monoisotopic (exact) mass is 520 g/mol. The summed E-state index contributed by atoms with van der Waals surface area (Å²) in [6.07, 6.45) is 4.32. The maximum atomic E-state index is 14.5. The summed E-state index contributed by atoms with van der Waals surface area (Å²) in [5.41, 5.74) is -9.69. The molecular weight excluding hydrogens is 462 g/mol. The van der Waals surface area contributed by atoms with Gasteiger partial charge in [0.25, 0.3) is 0 Å². The highest BCUT2D eigenvalue weighted by molar-refractivity contribution is 6.96. The first-order valence-electron chi connectivity index (χ1n) is 15.4. The molecule has 0 aliphatic carbocycles. The van der Waals surface area contributed by atoms with Crippen LogP contribution in [0.25, 0.3) is 0 Å². The van der Waals surface area contributed by atoms with Crippen LogP contribution < -0.4 is 0 Å². The summed E-state index contributed by atoms with van der Waals surface area (Å²) >= 11 is 0. The largest absolute Gasteiger partial charge is 0.394 e. The molecule has 6 nitrogen and oxygen atoms in total. The van der Waals surface area contributed by atoms with Gasteiger partial charge in [0.1, 0.15) is 11.2 Å². The average Bonchev–Trinajstić information content (AvgIpc) is 2.90. The third-order valence-corrected chi connectivity index (χ3v) is 10.2. The first-order valence-corrected chi connectivity index (χ1v) is 15.4. The molecule has 0 radical (unpaired) electrons. The number of carbonyl (C=O) groups excluding carboxylic acids is 1. The number of aliphatic hydroxyl groups excluding tert-OH is 1. The molecular formula is C26H57B5O6. The van der Waals surface area contributed by atoms with Gasteiger partial charge in [0.2, 0.25) is 6.71 Å². The molecule has 0 amide bonds. The van der Waals surface area contributed by atoms with Gasteiger partial charge in [-0.2, -0.15) is 0 Å². The maximum absolute atomic E-state index is 14.5. The Labute approximate surface area is 230 Å². The summed E-state index contributed by atoms with van der Waals surface area (Å²) in [6, 6.07) is 0. The topological polar surface area (TPSA) is 118 Å². The fourth-order valence-corrected chi connectivity index (χ4v) is 7.74. The van der Waals surface area contributed by atoms with E-state index < -0.39 is 67.9 Å². The van der Waals surface area contributed by atoms with E-state index in [0.717, 1.165) is 0 Å². The lowest BCUT2D eigenvalue weighted by atomic mass is 9.07. The fourth-order valence-electron chi connectivity index (χ4n) is 7.74. The molecule has 0 bridgehead atoms. The lowest BCUT2D eigenvalue weighted by Crippen LogP contribution is -2.91. The number of rotatable bonds is 20. The Kier molecular flexibility index (Phi) is 15.5. The second-order valence-electron chi connectivity index (χ2n) is 11.3. The molecule has 11 heteroatoms. The van der Waals surface area contributed by atoms with Gasteiger partial charge in [-0.25, -0.2) is 0 Å². The summed E-state index contributed by atoms with van der Waals surface area (Å²) in [5.74, 6) is 0. The molecule has 0 aromatic heterocycles. The van der Waals surface area contributed by atoms with Crippen LogP contribution in [0.4, 0.5) is 0 Å². The van der Waals surface area contributed by atoms with Gasteiger partial charge in [-0.15, -0.1) is 0 Å². The predicted molar refractivity (Wildman–Crippen MR) is 165 cm³/mol. The highest BCUT2D eigenvalue weighted by atomic mass is 16.4. The van der Waals surface area contributed by atoms with Gasteiger partial charge in [0, 0.05) is 0 Å². The molecule has 4 atom stereocenters. The van der Waals surface area contributed by atoms with Gasteiger partial charge in [-0.05, 0) is 0 Å². The van der Waals surface area contributed by atoms with Crippen molar-refractivity contribution in [2.75, 3.05) is 6.61 Å². The van der Waals surface area contributed by atoms with E-state index in [0.29, 0.717) is 63.2 Å². The first-order chi connectivity index (χ1) is 17.3. The van der Waals surface area contributed by atoms with E-state index in [4.69, 9.17) is 0 Å². The molecule has 37 heavy (non-hydrogen) atoms. The Balaban J connectivity index is 8.32. The van der Waals surface area contributed by atoms with Gasteiger partial charge >= 0.3 is 0 Å². The van der Waals surface area contributed by atoms with Crippen molar-refractivity contribution in [3.63, 3.8) is 0 Å². The van der Waals surface area contributed by atoms with Crippen LogP contribution in [0.1, 0.15) is 69.2 Å². The highest BCUT2D eigenvalue weighted by Crippen LogP contribution is 2.50. The van der Waals surface area contributed by atoms with Crippen LogP contribution in [0, 0.1) is 0 Å². The number of hydrogen-bond acceptors (Lipinski definition) is 6. The van der Waals surface area contributed by atoms with Crippen molar-refractivity contribution in [1.82, 2.24) is 0 Å². The van der Waals surface area contributed by atoms with E-state index in [9.17, 15) is 30.3 Å². The van der Waals surface area contributed by atoms with E-state index in [1.807, 2.05) is 69.2 Å². The van der Waals surface area contributed by atoms with E-state index >= 15 is 0 Å². The smallest absolute Gasteiger partial charge is 0.225 e. The molecule has 212 valence electrons. The summed E-state index contributed by atoms with van der Waals surface area (Å²) in [4.78, 5) is 14.5. The number of hydrogen-bond donors (Lipinski definition) is 5. The molecule has 0 fully saturated rings. The molecule has 0 aromatic rings. The van der Waals surface area contributed by atoms with Crippen LogP contribution in [0.3, 0.4) is 0 Å². The quantitative estimate of drug-likeness (QED) is 0.156. The Morgan fingerprint density at radius 1 is 0.514 bits per heavy atom. The zero-order chi connectivity index (χ0) is 29.2. The van der Waals surface area contributed by atoms with E-state index in [2.05, 4.69) is 0 Å². The summed E-state index contributed by atoms with van der Waals surface area (Å²) < 4.78 is 0. The van der Waals surface area contributed by atoms with Crippen molar-refractivity contribution in [1.29, 1.82) is 0 Å². The summed E-state index contributed by atoms with van der Waals surface area (Å²) in [7, 11) is 0. The van der Waals surface area contributed by atoms with Gasteiger partial charge in [-0.1, -0.05) is 132 Å². The van der Waals surface area contributed by atoms with Crippen molar-refractivity contribution < 1.29 is 30.3 Å². The van der Waals surface area contributed by atoms with Crippen molar-refractivity contribution in [2.24, 2.45) is 0 Å². The minimum absolute atomic E-state index is 0.387. The second kappa shape index (κ2) is 15.5. The van der Waals surface area contributed by atoms with Crippen molar-refractivity contribution in [2.45, 2.75) is 154 Å². The zero-order valence-corrected chi connectivity index (χ0v) is 25.8. The predicted octanol–water partition coefficient (Wildman–Crippen LogP) is 3.84. The van der Waals surface area contributed by atoms with Crippen LogP contribution in [0.5, 0.6) is 0 Å². The molecule has 0 heterocycles. The molecule has 0 saturated carbocycles. The van der Waals surface area contributed by atoms with E-state index in [1.54, 1.807) is 0 Å². The summed E-state index contributed by atoms with van der Waals surface area (Å²) in [6.45, 7) is 15.0. The maximum Gasteiger partial charge on any atom is 0.225 e. The number of carbonyl (C=O) groups is 1. The fraction of sp³-hybridized carbons (Fsp3) is 0.962. The Morgan fingerprint density at radius 2 is 0.838 bits per heavy atom. The molecule has 0 aliphatic heterocycles. The van der Waals surface area contributed by atoms with Gasteiger partial charge in [0.15, 0.2) is 26.9 Å². The highest BCUT2D eigenvalue weighted by Gasteiger charge is 2.77. The van der Waals surface area contributed by atoms with Gasteiger partial charge in [0.05, 0.1) is 23.1 Å². The lowest BCUT2D eigenvalue weighted by Gasteiger charge is -2.64. The summed E-state index contributed by atoms with van der Waals surface area (Å²) in [5, 5.41) is 62.7. The average molecular weight is 520 g/mol. The SMILES string of the molecule is CCB(CC)C(=O)[C@@](O)(B(CC)CC)[C@](O)(B(CC)CC)[C@@](O)(B(CC)CC)[C@](O)(CO)B(CC)CC. The van der Waals surface area contributed by atoms with Gasteiger partial charge < -0.3 is 30.3 Å². The minimum Gasteiger partial charge on any atom is -0.394 e. The standard InChI is InChI=1S/C26H57B5O6/c1-11-27(12-2)22(33)24(35,29(15-5)16-6)26(37,31(19-9)20-10)25(36,30(17-7)18-8)23(34,21-32)28(13-3)14-4/h32,34-37H,11-21H2,1-10H3/t23-,24+,25-,26-/m1/s1. The second-order valence-corrected chi connectivity index (χ2v) is 11.3.